The third-order valence-electron chi connectivity index (χ3n) is 4.17. The first-order chi connectivity index (χ1) is 11.9. The van der Waals surface area contributed by atoms with E-state index in [9.17, 15) is 13.2 Å². The Hall–Kier alpha value is -2.54. The van der Waals surface area contributed by atoms with Gasteiger partial charge in [0.25, 0.3) is 15.9 Å². The predicted octanol–water partition coefficient (Wildman–Crippen LogP) is 1.95. The summed E-state index contributed by atoms with van der Waals surface area (Å²) in [5.74, 6) is 0.191. The second-order valence-electron chi connectivity index (χ2n) is 5.92. The van der Waals surface area contributed by atoms with Gasteiger partial charge in [-0.2, -0.15) is 0 Å². The van der Waals surface area contributed by atoms with Crippen molar-refractivity contribution in [3.8, 4) is 5.75 Å². The van der Waals surface area contributed by atoms with Crippen molar-refractivity contribution in [1.29, 1.82) is 0 Å². The number of hydrogen-bond acceptors (Lipinski definition) is 4. The molecule has 3 rings (SSSR count). The van der Waals surface area contributed by atoms with Gasteiger partial charge in [-0.05, 0) is 49.2 Å². The molecule has 0 bridgehead atoms. The van der Waals surface area contributed by atoms with Crippen LogP contribution in [0, 0.1) is 0 Å². The highest BCUT2D eigenvalue weighted by Gasteiger charge is 2.35. The molecule has 132 valence electrons. The molecule has 1 heterocycles. The Morgan fingerprint density at radius 1 is 1.20 bits per heavy atom. The molecule has 0 aliphatic carbocycles. The van der Waals surface area contributed by atoms with Crippen LogP contribution in [0.2, 0.25) is 0 Å². The maximum absolute atomic E-state index is 13.1. The zero-order valence-corrected chi connectivity index (χ0v) is 14.9. The number of benzene rings is 2. The van der Waals surface area contributed by atoms with Crippen LogP contribution in [0.1, 0.15) is 12.5 Å². The quantitative estimate of drug-likeness (QED) is 0.884. The molecule has 1 aliphatic heterocycles. The number of fused-ring (bicyclic) bond motifs is 1. The largest absolute Gasteiger partial charge is 0.484 e. The SMILES string of the molecule is CNC(=O)COc1ccc(S(=O)(=O)N2c3ccccc3C[C@H]2C)cc1. The highest BCUT2D eigenvalue weighted by Crippen LogP contribution is 2.36. The van der Waals surface area contributed by atoms with Crippen LogP contribution in [0.4, 0.5) is 5.69 Å². The summed E-state index contributed by atoms with van der Waals surface area (Å²) in [6, 6.07) is 13.5. The second kappa shape index (κ2) is 6.76. The summed E-state index contributed by atoms with van der Waals surface area (Å²) in [7, 11) is -2.13. The average Bonchev–Trinajstić information content (AvgIpc) is 2.96. The summed E-state index contributed by atoms with van der Waals surface area (Å²) in [4.78, 5) is 11.4. The van der Waals surface area contributed by atoms with Gasteiger partial charge in [0.05, 0.1) is 10.6 Å². The maximum atomic E-state index is 13.1. The van der Waals surface area contributed by atoms with Crippen molar-refractivity contribution in [2.24, 2.45) is 0 Å². The van der Waals surface area contributed by atoms with Gasteiger partial charge in [-0.25, -0.2) is 8.42 Å². The Labute approximate surface area is 147 Å². The molecule has 6 nitrogen and oxygen atoms in total. The van der Waals surface area contributed by atoms with Gasteiger partial charge in [0.15, 0.2) is 6.61 Å². The summed E-state index contributed by atoms with van der Waals surface area (Å²) in [5, 5.41) is 2.46. The number of amides is 1. The Balaban J connectivity index is 1.84. The van der Waals surface area contributed by atoms with Crippen molar-refractivity contribution in [1.82, 2.24) is 5.32 Å². The lowest BCUT2D eigenvalue weighted by atomic mass is 10.1. The highest BCUT2D eigenvalue weighted by atomic mass is 32.2. The smallest absolute Gasteiger partial charge is 0.264 e. The van der Waals surface area contributed by atoms with Crippen LogP contribution >= 0.6 is 0 Å². The number of carbonyl (C=O) groups excluding carboxylic acids is 1. The van der Waals surface area contributed by atoms with E-state index in [0.717, 1.165) is 11.3 Å². The molecule has 0 fully saturated rings. The van der Waals surface area contributed by atoms with Crippen LogP contribution < -0.4 is 14.4 Å². The van der Waals surface area contributed by atoms with Gasteiger partial charge in [-0.1, -0.05) is 18.2 Å². The van der Waals surface area contributed by atoms with E-state index in [1.807, 2.05) is 31.2 Å². The summed E-state index contributed by atoms with van der Waals surface area (Å²) in [5.41, 5.74) is 1.76. The number of ether oxygens (including phenoxy) is 1. The molecule has 1 aliphatic rings. The fraction of sp³-hybridized carbons (Fsp3) is 0.278. The Morgan fingerprint density at radius 2 is 1.88 bits per heavy atom. The number of likely N-dealkylation sites (N-methyl/N-ethyl adjacent to an activating group) is 1. The molecule has 7 heteroatoms. The average molecular weight is 360 g/mol. The van der Waals surface area contributed by atoms with E-state index in [4.69, 9.17) is 4.74 Å². The topological polar surface area (TPSA) is 75.7 Å². The lowest BCUT2D eigenvalue weighted by Gasteiger charge is -2.24. The lowest BCUT2D eigenvalue weighted by Crippen LogP contribution is -2.35. The van der Waals surface area contributed by atoms with E-state index in [1.54, 1.807) is 12.1 Å². The molecule has 2 aromatic rings. The molecule has 1 atom stereocenters. The van der Waals surface area contributed by atoms with E-state index in [0.29, 0.717) is 12.2 Å². The van der Waals surface area contributed by atoms with Crippen LogP contribution in [-0.4, -0.2) is 34.0 Å². The van der Waals surface area contributed by atoms with E-state index >= 15 is 0 Å². The first-order valence-electron chi connectivity index (χ1n) is 7.99. The molecule has 0 aromatic heterocycles. The molecule has 1 amide bonds. The van der Waals surface area contributed by atoms with E-state index in [-0.39, 0.29) is 23.5 Å². The number of carbonyl (C=O) groups is 1. The van der Waals surface area contributed by atoms with Gasteiger partial charge in [-0.3, -0.25) is 9.10 Å². The summed E-state index contributed by atoms with van der Waals surface area (Å²) in [6.07, 6.45) is 0.697. The first kappa shape index (κ1) is 17.3. The third-order valence-corrected chi connectivity index (χ3v) is 6.12. The number of nitrogens with one attached hydrogen (secondary N) is 1. The third kappa shape index (κ3) is 3.32. The van der Waals surface area contributed by atoms with Crippen LogP contribution in [0.15, 0.2) is 53.4 Å². The molecule has 0 radical (unpaired) electrons. The van der Waals surface area contributed by atoms with Gasteiger partial charge in [0.2, 0.25) is 0 Å². The molecule has 0 spiro atoms. The molecule has 25 heavy (non-hydrogen) atoms. The summed E-state index contributed by atoms with van der Waals surface area (Å²) in [6.45, 7) is 1.79. The van der Waals surface area contributed by atoms with Gasteiger partial charge in [0.1, 0.15) is 5.75 Å². The number of hydrogen-bond donors (Lipinski definition) is 1. The second-order valence-corrected chi connectivity index (χ2v) is 7.73. The zero-order valence-electron chi connectivity index (χ0n) is 14.1. The van der Waals surface area contributed by atoms with E-state index in [1.165, 1.54) is 23.5 Å². The number of para-hydroxylation sites is 1. The normalized spacial score (nSPS) is 16.4. The number of sulfonamides is 1. The van der Waals surface area contributed by atoms with Crippen molar-refractivity contribution >= 4 is 21.6 Å². The van der Waals surface area contributed by atoms with Gasteiger partial charge >= 0.3 is 0 Å². The van der Waals surface area contributed by atoms with Crippen molar-refractivity contribution in [2.45, 2.75) is 24.3 Å². The summed E-state index contributed by atoms with van der Waals surface area (Å²) < 4.78 is 32.9. The minimum atomic E-state index is -3.66. The van der Waals surface area contributed by atoms with Gasteiger partial charge < -0.3 is 10.1 Å². The first-order valence-corrected chi connectivity index (χ1v) is 9.43. The number of nitrogens with zero attached hydrogens (tertiary/aromatic N) is 1. The molecular weight excluding hydrogens is 340 g/mol. The van der Waals surface area contributed by atoms with Crippen LogP contribution in [-0.2, 0) is 21.2 Å². The van der Waals surface area contributed by atoms with E-state index < -0.39 is 10.0 Å². The molecule has 0 saturated carbocycles. The molecular formula is C18H20N2O4S. The number of rotatable bonds is 5. The Morgan fingerprint density at radius 3 is 2.56 bits per heavy atom. The van der Waals surface area contributed by atoms with Crippen LogP contribution in [0.3, 0.4) is 0 Å². The van der Waals surface area contributed by atoms with Crippen LogP contribution in [0.25, 0.3) is 0 Å². The minimum absolute atomic E-state index is 0.112. The molecule has 0 saturated heterocycles. The zero-order chi connectivity index (χ0) is 18.0. The fourth-order valence-corrected chi connectivity index (χ4v) is 4.64. The number of anilines is 1. The lowest BCUT2D eigenvalue weighted by molar-refractivity contribution is -0.122. The summed E-state index contributed by atoms with van der Waals surface area (Å²) >= 11 is 0. The van der Waals surface area contributed by atoms with Crippen LogP contribution in [0.5, 0.6) is 5.75 Å². The molecule has 1 N–H and O–H groups in total. The Bertz CT molecular complexity index is 878. The standard InChI is InChI=1S/C18H20N2O4S/c1-13-11-14-5-3-4-6-17(14)20(13)25(22,23)16-9-7-15(8-10-16)24-12-18(21)19-2/h3-10,13H,11-12H2,1-2H3,(H,19,21)/t13-/m1/s1. The predicted molar refractivity (Wildman–Crippen MR) is 95.3 cm³/mol. The Kier molecular flexibility index (Phi) is 4.67. The maximum Gasteiger partial charge on any atom is 0.264 e. The van der Waals surface area contributed by atoms with Crippen molar-refractivity contribution in [3.63, 3.8) is 0 Å². The van der Waals surface area contributed by atoms with E-state index in [2.05, 4.69) is 5.32 Å². The van der Waals surface area contributed by atoms with Crippen molar-refractivity contribution in [2.75, 3.05) is 18.0 Å². The van der Waals surface area contributed by atoms with Crippen molar-refractivity contribution in [3.05, 3.63) is 54.1 Å². The minimum Gasteiger partial charge on any atom is -0.484 e. The monoisotopic (exact) mass is 360 g/mol. The van der Waals surface area contributed by atoms with Gasteiger partial charge in [-0.15, -0.1) is 0 Å². The molecule has 2 aromatic carbocycles. The highest BCUT2D eigenvalue weighted by molar-refractivity contribution is 7.92. The molecule has 0 unspecified atom stereocenters. The fourth-order valence-electron chi connectivity index (χ4n) is 2.95. The van der Waals surface area contributed by atoms with Gasteiger partial charge in [0, 0.05) is 13.1 Å². The van der Waals surface area contributed by atoms with Crippen molar-refractivity contribution < 1.29 is 17.9 Å².